The van der Waals surface area contributed by atoms with Gasteiger partial charge in [-0.1, -0.05) is 53.7 Å². The number of thioether (sulfide) groups is 1. The lowest BCUT2D eigenvalue weighted by molar-refractivity contribution is 0.102. The Bertz CT molecular complexity index is 1310. The summed E-state index contributed by atoms with van der Waals surface area (Å²) >= 11 is 6.59. The minimum Gasteiger partial charge on any atom is -0.293 e. The summed E-state index contributed by atoms with van der Waals surface area (Å²) in [5.41, 5.74) is 5.89. The molecule has 32 heavy (non-hydrogen) atoms. The fraction of sp³-hybridized carbons (Fsp3) is 0.360. The number of fused-ring (bicyclic) bond motifs is 5. The van der Waals surface area contributed by atoms with Gasteiger partial charge in [0.15, 0.2) is 5.78 Å². The first kappa shape index (κ1) is 22.0. The normalized spacial score (nSPS) is 13.8. The standard InChI is InChI=1S/C25H24BrN3OS2/c1-14(2)11-19-17-5-3-4-6-18(17)21-22-23(32-24(21)29-19)25(28-13-27-22)31-12-20(30)15-7-9-16(26)10-8-15/h7-10,13-14H,3-6,11-12H2,1-2H3. The first-order valence-corrected chi connectivity index (χ1v) is 13.6. The van der Waals surface area contributed by atoms with Crippen LogP contribution in [0.4, 0.5) is 0 Å². The number of ketones is 1. The summed E-state index contributed by atoms with van der Waals surface area (Å²) in [5.74, 6) is 1.03. The maximum Gasteiger partial charge on any atom is 0.173 e. The second-order valence-corrected chi connectivity index (χ2v) is 11.6. The molecule has 1 aliphatic carbocycles. The second-order valence-electron chi connectivity index (χ2n) is 8.68. The third-order valence-electron chi connectivity index (χ3n) is 5.88. The topological polar surface area (TPSA) is 55.7 Å². The highest BCUT2D eigenvalue weighted by Crippen LogP contribution is 2.41. The molecule has 5 rings (SSSR count). The number of Topliss-reactive ketones (excluding diaryl/α,β-unsaturated/α-hetero) is 1. The summed E-state index contributed by atoms with van der Waals surface area (Å²) in [5, 5.41) is 2.09. The summed E-state index contributed by atoms with van der Waals surface area (Å²) in [4.78, 5) is 28.1. The number of rotatable bonds is 6. The van der Waals surface area contributed by atoms with Gasteiger partial charge < -0.3 is 0 Å². The molecule has 0 N–H and O–H groups in total. The Kier molecular flexibility index (Phi) is 6.32. The molecule has 0 aliphatic heterocycles. The molecule has 3 aromatic heterocycles. The lowest BCUT2D eigenvalue weighted by Gasteiger charge is -2.20. The van der Waals surface area contributed by atoms with Crippen molar-refractivity contribution in [2.75, 3.05) is 5.75 Å². The van der Waals surface area contributed by atoms with Crippen LogP contribution in [0.25, 0.3) is 20.4 Å². The van der Waals surface area contributed by atoms with E-state index >= 15 is 0 Å². The van der Waals surface area contributed by atoms with Crippen molar-refractivity contribution < 1.29 is 4.79 Å². The van der Waals surface area contributed by atoms with Crippen LogP contribution in [0.3, 0.4) is 0 Å². The van der Waals surface area contributed by atoms with Gasteiger partial charge in [0.1, 0.15) is 16.2 Å². The van der Waals surface area contributed by atoms with Gasteiger partial charge >= 0.3 is 0 Å². The van der Waals surface area contributed by atoms with Crippen molar-refractivity contribution in [2.24, 2.45) is 5.92 Å². The van der Waals surface area contributed by atoms with Gasteiger partial charge in [-0.15, -0.1) is 11.3 Å². The van der Waals surface area contributed by atoms with E-state index in [4.69, 9.17) is 4.98 Å². The number of hydrogen-bond donors (Lipinski definition) is 0. The minimum absolute atomic E-state index is 0.102. The van der Waals surface area contributed by atoms with E-state index in [1.807, 2.05) is 24.3 Å². The number of carbonyl (C=O) groups is 1. The molecule has 0 saturated carbocycles. The number of halogens is 1. The van der Waals surface area contributed by atoms with Crippen molar-refractivity contribution >= 4 is 65.2 Å². The highest BCUT2D eigenvalue weighted by atomic mass is 79.9. The van der Waals surface area contributed by atoms with Crippen molar-refractivity contribution in [1.29, 1.82) is 0 Å². The molecule has 0 amide bonds. The molecule has 1 aliphatic rings. The maximum atomic E-state index is 12.7. The SMILES string of the molecule is CC(C)Cc1nc2sc3c(SCC(=O)c4ccc(Br)cc4)ncnc3c2c2c1CCCC2. The van der Waals surface area contributed by atoms with E-state index in [9.17, 15) is 4.79 Å². The van der Waals surface area contributed by atoms with Crippen molar-refractivity contribution in [3.05, 3.63) is 57.4 Å². The monoisotopic (exact) mass is 525 g/mol. The molecule has 4 nitrogen and oxygen atoms in total. The Balaban J connectivity index is 1.54. The molecule has 0 saturated heterocycles. The van der Waals surface area contributed by atoms with Gasteiger partial charge in [0.25, 0.3) is 0 Å². The molecule has 1 aromatic carbocycles. The molecule has 7 heteroatoms. The average Bonchev–Trinajstić information content (AvgIpc) is 3.17. The molecule has 0 fully saturated rings. The van der Waals surface area contributed by atoms with E-state index in [0.29, 0.717) is 11.7 Å². The van der Waals surface area contributed by atoms with E-state index in [1.165, 1.54) is 46.8 Å². The Morgan fingerprint density at radius 2 is 1.88 bits per heavy atom. The molecule has 0 atom stereocenters. The number of aromatic nitrogens is 3. The van der Waals surface area contributed by atoms with E-state index in [1.54, 1.807) is 17.7 Å². The first-order chi connectivity index (χ1) is 15.5. The summed E-state index contributed by atoms with van der Waals surface area (Å²) in [6, 6.07) is 7.51. The third kappa shape index (κ3) is 4.22. The molecule has 0 radical (unpaired) electrons. The quantitative estimate of drug-likeness (QED) is 0.153. The molecule has 0 bridgehead atoms. The van der Waals surface area contributed by atoms with Gasteiger partial charge in [0.05, 0.1) is 16.0 Å². The van der Waals surface area contributed by atoms with Gasteiger partial charge in [-0.2, -0.15) is 0 Å². The van der Waals surface area contributed by atoms with Crippen LogP contribution in [0.15, 0.2) is 40.1 Å². The van der Waals surface area contributed by atoms with Crippen LogP contribution in [0.2, 0.25) is 0 Å². The Labute approximate surface area is 204 Å². The molecular weight excluding hydrogens is 502 g/mol. The highest BCUT2D eigenvalue weighted by Gasteiger charge is 2.23. The molecule has 0 unspecified atom stereocenters. The van der Waals surface area contributed by atoms with Crippen molar-refractivity contribution in [2.45, 2.75) is 51.0 Å². The summed E-state index contributed by atoms with van der Waals surface area (Å²) in [7, 11) is 0. The minimum atomic E-state index is 0.102. The Morgan fingerprint density at radius 1 is 1.12 bits per heavy atom. The molecule has 3 heterocycles. The molecule has 0 spiro atoms. The van der Waals surface area contributed by atoms with Crippen LogP contribution in [-0.2, 0) is 19.3 Å². The average molecular weight is 527 g/mol. The van der Waals surface area contributed by atoms with E-state index in [0.717, 1.165) is 49.4 Å². The molecular formula is C25H24BrN3OS2. The van der Waals surface area contributed by atoms with E-state index < -0.39 is 0 Å². The fourth-order valence-corrected chi connectivity index (χ4v) is 6.84. The van der Waals surface area contributed by atoms with Gasteiger partial charge in [-0.3, -0.25) is 4.79 Å². The van der Waals surface area contributed by atoms with Gasteiger partial charge in [0, 0.05) is 21.1 Å². The number of hydrogen-bond acceptors (Lipinski definition) is 6. The fourth-order valence-electron chi connectivity index (χ4n) is 4.43. The van der Waals surface area contributed by atoms with Crippen molar-refractivity contribution in [3.63, 3.8) is 0 Å². The van der Waals surface area contributed by atoms with Crippen LogP contribution in [0.5, 0.6) is 0 Å². The Morgan fingerprint density at radius 3 is 2.62 bits per heavy atom. The summed E-state index contributed by atoms with van der Waals surface area (Å²) in [6.45, 7) is 4.52. The van der Waals surface area contributed by atoms with E-state index in [2.05, 4.69) is 39.7 Å². The number of pyridine rings is 1. The van der Waals surface area contributed by atoms with Gasteiger partial charge in [-0.25, -0.2) is 15.0 Å². The second kappa shape index (κ2) is 9.20. The van der Waals surface area contributed by atoms with Crippen LogP contribution in [0.1, 0.15) is 53.9 Å². The molecule has 4 aromatic rings. The zero-order valence-electron chi connectivity index (χ0n) is 18.2. The largest absolute Gasteiger partial charge is 0.293 e. The number of nitrogens with zero attached hydrogens (tertiary/aromatic N) is 3. The predicted molar refractivity (Wildman–Crippen MR) is 137 cm³/mol. The smallest absolute Gasteiger partial charge is 0.173 e. The van der Waals surface area contributed by atoms with E-state index in [-0.39, 0.29) is 5.78 Å². The number of benzene rings is 1. The zero-order valence-corrected chi connectivity index (χ0v) is 21.4. The van der Waals surface area contributed by atoms with Gasteiger partial charge in [-0.05, 0) is 61.3 Å². The lowest BCUT2D eigenvalue weighted by atomic mass is 9.87. The van der Waals surface area contributed by atoms with Crippen molar-refractivity contribution in [3.8, 4) is 0 Å². The van der Waals surface area contributed by atoms with Crippen LogP contribution >= 0.6 is 39.0 Å². The zero-order chi connectivity index (χ0) is 22.2. The first-order valence-electron chi connectivity index (χ1n) is 11.0. The number of aryl methyl sites for hydroxylation is 1. The van der Waals surface area contributed by atoms with Crippen molar-refractivity contribution in [1.82, 2.24) is 15.0 Å². The Hall–Kier alpha value is -1.83. The predicted octanol–water partition coefficient (Wildman–Crippen LogP) is 7.05. The van der Waals surface area contributed by atoms with Crippen LogP contribution in [0, 0.1) is 5.92 Å². The summed E-state index contributed by atoms with van der Waals surface area (Å²) < 4.78 is 2.02. The third-order valence-corrected chi connectivity index (χ3v) is 8.61. The maximum absolute atomic E-state index is 12.7. The van der Waals surface area contributed by atoms with Gasteiger partial charge in [0.2, 0.25) is 0 Å². The molecule has 164 valence electrons. The highest BCUT2D eigenvalue weighted by molar-refractivity contribution is 9.10. The summed E-state index contributed by atoms with van der Waals surface area (Å²) in [6.07, 6.45) is 7.33. The number of carbonyl (C=O) groups excluding carboxylic acids is 1. The lowest BCUT2D eigenvalue weighted by Crippen LogP contribution is -2.11. The van der Waals surface area contributed by atoms with Crippen LogP contribution < -0.4 is 0 Å². The number of thiophene rings is 1. The van der Waals surface area contributed by atoms with Crippen LogP contribution in [-0.4, -0.2) is 26.5 Å².